The number of hydrogen-bond donors (Lipinski definition) is 2. The minimum Gasteiger partial charge on any atom is -0.497 e. The molecule has 0 saturated carbocycles. The molecule has 2 aliphatic heterocycles. The summed E-state index contributed by atoms with van der Waals surface area (Å²) in [5.41, 5.74) is 1.03. The summed E-state index contributed by atoms with van der Waals surface area (Å²) >= 11 is 0. The maximum atomic E-state index is 12.0. The van der Waals surface area contributed by atoms with Crippen molar-refractivity contribution in [3.8, 4) is 11.5 Å². The van der Waals surface area contributed by atoms with Gasteiger partial charge in [0.1, 0.15) is 18.1 Å². The molecule has 1 aromatic rings. The van der Waals surface area contributed by atoms with Crippen molar-refractivity contribution in [1.82, 2.24) is 15.5 Å². The van der Waals surface area contributed by atoms with Crippen LogP contribution in [0.1, 0.15) is 24.8 Å². The third-order valence-electron chi connectivity index (χ3n) is 4.57. The number of fused-ring (bicyclic) bond motifs is 1. The third-order valence-corrected chi connectivity index (χ3v) is 4.57. The second kappa shape index (κ2) is 8.09. The summed E-state index contributed by atoms with van der Waals surface area (Å²) in [7, 11) is 1.63. The Morgan fingerprint density at radius 3 is 3.08 bits per heavy atom. The number of nitrogens with zero attached hydrogens (tertiary/aromatic N) is 1. The van der Waals surface area contributed by atoms with Gasteiger partial charge >= 0.3 is 6.03 Å². The standard InChI is InChI=1S/C18H25N3O4/c1-24-15-5-6-16-13(11-15)10-14(12-25-16)20-18(23)19-7-3-9-21-8-2-4-17(21)22/h5-6,11,14H,2-4,7-10,12H2,1H3,(H2,19,20,23). The van der Waals surface area contributed by atoms with E-state index in [1.165, 1.54) is 0 Å². The molecule has 3 amide bonds. The molecule has 1 aromatic carbocycles. The van der Waals surface area contributed by atoms with Gasteiger partial charge in [-0.1, -0.05) is 0 Å². The fourth-order valence-electron chi connectivity index (χ4n) is 3.24. The van der Waals surface area contributed by atoms with Crippen molar-refractivity contribution in [2.24, 2.45) is 0 Å². The normalized spacial score (nSPS) is 19.2. The third kappa shape index (κ3) is 4.55. The van der Waals surface area contributed by atoms with Gasteiger partial charge in [0.15, 0.2) is 0 Å². The zero-order valence-electron chi connectivity index (χ0n) is 14.5. The molecule has 1 fully saturated rings. The molecule has 25 heavy (non-hydrogen) atoms. The van der Waals surface area contributed by atoms with E-state index in [9.17, 15) is 9.59 Å². The summed E-state index contributed by atoms with van der Waals surface area (Å²) in [4.78, 5) is 25.4. The maximum absolute atomic E-state index is 12.0. The number of benzene rings is 1. The number of nitrogens with one attached hydrogen (secondary N) is 2. The van der Waals surface area contributed by atoms with Crippen molar-refractivity contribution in [2.75, 3.05) is 33.4 Å². The van der Waals surface area contributed by atoms with E-state index in [1.54, 1.807) is 7.11 Å². The number of likely N-dealkylation sites (tertiary alicyclic amines) is 1. The van der Waals surface area contributed by atoms with Crippen molar-refractivity contribution in [3.63, 3.8) is 0 Å². The Bertz CT molecular complexity index is 635. The molecule has 2 heterocycles. The second-order valence-electron chi connectivity index (χ2n) is 6.42. The van der Waals surface area contributed by atoms with Gasteiger partial charge in [-0.3, -0.25) is 4.79 Å². The highest BCUT2D eigenvalue weighted by Crippen LogP contribution is 2.28. The van der Waals surface area contributed by atoms with Crippen LogP contribution in [0.25, 0.3) is 0 Å². The Kier molecular flexibility index (Phi) is 5.63. The van der Waals surface area contributed by atoms with Crippen molar-refractivity contribution < 1.29 is 19.1 Å². The molecular weight excluding hydrogens is 322 g/mol. The lowest BCUT2D eigenvalue weighted by Gasteiger charge is -2.26. The van der Waals surface area contributed by atoms with Crippen LogP contribution in [0, 0.1) is 0 Å². The van der Waals surface area contributed by atoms with Crippen LogP contribution in [0.4, 0.5) is 4.79 Å². The lowest BCUT2D eigenvalue weighted by molar-refractivity contribution is -0.127. The van der Waals surface area contributed by atoms with Crippen LogP contribution >= 0.6 is 0 Å². The minimum atomic E-state index is -0.201. The number of hydrogen-bond acceptors (Lipinski definition) is 4. The van der Waals surface area contributed by atoms with Crippen LogP contribution in [0.3, 0.4) is 0 Å². The summed E-state index contributed by atoms with van der Waals surface area (Å²) in [5, 5.41) is 5.79. The van der Waals surface area contributed by atoms with Gasteiger partial charge in [0, 0.05) is 26.1 Å². The van der Waals surface area contributed by atoms with Crippen molar-refractivity contribution in [1.29, 1.82) is 0 Å². The molecule has 0 aromatic heterocycles. The molecule has 1 saturated heterocycles. The van der Waals surface area contributed by atoms with E-state index in [2.05, 4.69) is 10.6 Å². The molecule has 136 valence electrons. The number of carbonyl (C=O) groups is 2. The topological polar surface area (TPSA) is 79.9 Å². The van der Waals surface area contributed by atoms with Gasteiger partial charge < -0.3 is 25.0 Å². The largest absolute Gasteiger partial charge is 0.497 e. The second-order valence-corrected chi connectivity index (χ2v) is 6.42. The molecular formula is C18H25N3O4. The van der Waals surface area contributed by atoms with E-state index >= 15 is 0 Å². The van der Waals surface area contributed by atoms with E-state index in [4.69, 9.17) is 9.47 Å². The summed E-state index contributed by atoms with van der Waals surface area (Å²) in [5.74, 6) is 1.84. The molecule has 7 heteroatoms. The average molecular weight is 347 g/mol. The van der Waals surface area contributed by atoms with E-state index in [0.29, 0.717) is 32.5 Å². The monoisotopic (exact) mass is 347 g/mol. The number of methoxy groups -OCH3 is 1. The minimum absolute atomic E-state index is 0.0697. The van der Waals surface area contributed by atoms with E-state index in [1.807, 2.05) is 23.1 Å². The summed E-state index contributed by atoms with van der Waals surface area (Å²) in [6.07, 6.45) is 3.07. The Hall–Kier alpha value is -2.44. The quantitative estimate of drug-likeness (QED) is 0.761. The molecule has 2 N–H and O–H groups in total. The molecule has 0 radical (unpaired) electrons. The molecule has 2 aliphatic rings. The van der Waals surface area contributed by atoms with Gasteiger partial charge in [0.05, 0.1) is 13.2 Å². The van der Waals surface area contributed by atoms with Crippen LogP contribution in [0.5, 0.6) is 11.5 Å². The van der Waals surface area contributed by atoms with Gasteiger partial charge in [0.25, 0.3) is 0 Å². The summed E-state index contributed by atoms with van der Waals surface area (Å²) < 4.78 is 10.9. The highest BCUT2D eigenvalue weighted by atomic mass is 16.5. The lowest BCUT2D eigenvalue weighted by Crippen LogP contribution is -2.47. The van der Waals surface area contributed by atoms with E-state index < -0.39 is 0 Å². The van der Waals surface area contributed by atoms with Gasteiger partial charge in [-0.15, -0.1) is 0 Å². The molecule has 0 aliphatic carbocycles. The number of carbonyl (C=O) groups excluding carboxylic acids is 2. The van der Waals surface area contributed by atoms with Crippen LogP contribution in [0.15, 0.2) is 18.2 Å². The zero-order chi connectivity index (χ0) is 17.6. The first kappa shape index (κ1) is 17.4. The predicted molar refractivity (Wildman–Crippen MR) is 92.9 cm³/mol. The average Bonchev–Trinajstić information content (AvgIpc) is 3.03. The van der Waals surface area contributed by atoms with Crippen LogP contribution in [-0.4, -0.2) is 56.2 Å². The molecule has 1 atom stereocenters. The van der Waals surface area contributed by atoms with Gasteiger partial charge in [-0.05, 0) is 43.0 Å². The fraction of sp³-hybridized carbons (Fsp3) is 0.556. The first-order valence-corrected chi connectivity index (χ1v) is 8.77. The molecule has 7 nitrogen and oxygen atoms in total. The van der Waals surface area contributed by atoms with Crippen molar-refractivity contribution in [2.45, 2.75) is 31.7 Å². The van der Waals surface area contributed by atoms with E-state index in [0.717, 1.165) is 36.4 Å². The number of amides is 3. The van der Waals surface area contributed by atoms with E-state index in [-0.39, 0.29) is 18.0 Å². The Morgan fingerprint density at radius 1 is 1.44 bits per heavy atom. The fourth-order valence-corrected chi connectivity index (χ4v) is 3.24. The van der Waals surface area contributed by atoms with Gasteiger partial charge in [-0.25, -0.2) is 4.79 Å². The van der Waals surface area contributed by atoms with Gasteiger partial charge in [0.2, 0.25) is 5.91 Å². The molecule has 3 rings (SSSR count). The lowest BCUT2D eigenvalue weighted by atomic mass is 10.0. The number of rotatable bonds is 6. The number of urea groups is 1. The zero-order valence-corrected chi connectivity index (χ0v) is 14.5. The Labute approximate surface area is 147 Å². The smallest absolute Gasteiger partial charge is 0.315 e. The SMILES string of the molecule is COc1ccc2c(c1)CC(NC(=O)NCCCN1CCCC1=O)CO2. The number of ether oxygens (including phenoxy) is 2. The Balaban J connectivity index is 1.38. The highest BCUT2D eigenvalue weighted by Gasteiger charge is 2.22. The first-order chi connectivity index (χ1) is 12.2. The highest BCUT2D eigenvalue weighted by molar-refractivity contribution is 5.78. The Morgan fingerprint density at radius 2 is 2.32 bits per heavy atom. The van der Waals surface area contributed by atoms with Crippen LogP contribution < -0.4 is 20.1 Å². The molecule has 0 spiro atoms. The summed E-state index contributed by atoms with van der Waals surface area (Å²) in [6.45, 7) is 2.55. The maximum Gasteiger partial charge on any atom is 0.315 e. The molecule has 0 bridgehead atoms. The van der Waals surface area contributed by atoms with Crippen molar-refractivity contribution >= 4 is 11.9 Å². The van der Waals surface area contributed by atoms with Crippen LogP contribution in [0.2, 0.25) is 0 Å². The predicted octanol–water partition coefficient (Wildman–Crippen LogP) is 1.31. The molecule has 1 unspecified atom stereocenters. The first-order valence-electron chi connectivity index (χ1n) is 8.77. The van der Waals surface area contributed by atoms with Gasteiger partial charge in [-0.2, -0.15) is 0 Å². The summed E-state index contributed by atoms with van der Waals surface area (Å²) in [6, 6.07) is 5.43. The van der Waals surface area contributed by atoms with Crippen molar-refractivity contribution in [3.05, 3.63) is 23.8 Å². The van der Waals surface area contributed by atoms with Crippen LogP contribution in [-0.2, 0) is 11.2 Å².